The summed E-state index contributed by atoms with van der Waals surface area (Å²) in [6.07, 6.45) is 65.7. The Balaban J connectivity index is 0.799. The van der Waals surface area contributed by atoms with Crippen molar-refractivity contribution < 1.29 is 0 Å². The van der Waals surface area contributed by atoms with Crippen LogP contribution < -0.4 is 0 Å². The highest BCUT2D eigenvalue weighted by molar-refractivity contribution is 5.16. The first-order valence-corrected chi connectivity index (χ1v) is 33.3. The highest BCUT2D eigenvalue weighted by Gasteiger charge is 2.65. The molecular weight excluding hydrogens is 845 g/mol. The lowest BCUT2D eigenvalue weighted by atomic mass is 9.38. The summed E-state index contributed by atoms with van der Waals surface area (Å²) >= 11 is 0. The largest absolute Gasteiger partial charge is 0.294 e. The Morgan fingerprint density at radius 2 is 0.571 bits per heavy atom. The van der Waals surface area contributed by atoms with Crippen LogP contribution in [0.15, 0.2) is 24.3 Å². The third-order valence-corrected chi connectivity index (χ3v) is 25.9. The molecule has 12 unspecified atom stereocenters. The summed E-state index contributed by atoms with van der Waals surface area (Å²) in [4.78, 5) is 6.99. The van der Waals surface area contributed by atoms with Gasteiger partial charge in [0.1, 0.15) is 0 Å². The van der Waals surface area contributed by atoms with Crippen LogP contribution >= 0.6 is 0 Å². The van der Waals surface area contributed by atoms with Crippen molar-refractivity contribution in [1.82, 2.24) is 9.80 Å². The molecule has 0 bridgehead atoms. The second-order valence-electron chi connectivity index (χ2n) is 29.8. The van der Waals surface area contributed by atoms with Crippen LogP contribution in [0.1, 0.15) is 259 Å². The third-order valence-electron chi connectivity index (χ3n) is 25.9. The zero-order valence-corrected chi connectivity index (χ0v) is 46.5. The van der Waals surface area contributed by atoms with Gasteiger partial charge in [-0.2, -0.15) is 0 Å². The Morgan fingerprint density at radius 1 is 0.243 bits per heavy atom. The zero-order chi connectivity index (χ0) is 47.3. The van der Waals surface area contributed by atoms with Gasteiger partial charge in [-0.15, -0.1) is 0 Å². The van der Waals surface area contributed by atoms with Gasteiger partial charge in [-0.1, -0.05) is 103 Å². The smallest absolute Gasteiger partial charge is 0.0163 e. The van der Waals surface area contributed by atoms with Gasteiger partial charge in [0, 0.05) is 36.3 Å². The zero-order valence-electron chi connectivity index (χ0n) is 46.5. The van der Waals surface area contributed by atoms with Gasteiger partial charge >= 0.3 is 0 Å². The summed E-state index contributed by atoms with van der Waals surface area (Å²) in [5, 5.41) is 0. The fourth-order valence-corrected chi connectivity index (χ4v) is 22.4. The molecule has 0 amide bonds. The van der Waals surface area contributed by atoms with Crippen LogP contribution in [0.25, 0.3) is 0 Å². The molecule has 2 heteroatoms. The first kappa shape index (κ1) is 50.2. The second kappa shape index (κ2) is 22.5. The molecule has 0 saturated heterocycles. The maximum absolute atomic E-state index is 3.54. The van der Waals surface area contributed by atoms with E-state index in [9.17, 15) is 0 Å². The molecule has 12 fully saturated rings. The van der Waals surface area contributed by atoms with Crippen molar-refractivity contribution in [3.05, 3.63) is 24.3 Å². The lowest BCUT2D eigenvalue weighted by Crippen LogP contribution is -2.69. The summed E-state index contributed by atoms with van der Waals surface area (Å²) in [7, 11) is 0. The van der Waals surface area contributed by atoms with Crippen LogP contribution in [-0.4, -0.2) is 46.1 Å². The Hall–Kier alpha value is -0.600. The predicted octanol–water partition coefficient (Wildman–Crippen LogP) is 18.3. The third kappa shape index (κ3) is 10.4. The van der Waals surface area contributed by atoms with Crippen molar-refractivity contribution in [2.45, 2.75) is 295 Å². The number of hydrogen-bond donors (Lipinski definition) is 0. The van der Waals surface area contributed by atoms with E-state index in [1.165, 1.54) is 154 Å². The number of hydrogen-bond acceptors (Lipinski definition) is 2. The molecule has 70 heavy (non-hydrogen) atoms. The molecule has 12 rings (SSSR count). The molecule has 0 aliphatic heterocycles. The van der Waals surface area contributed by atoms with Crippen molar-refractivity contribution in [2.24, 2.45) is 107 Å². The van der Waals surface area contributed by atoms with E-state index >= 15 is 0 Å². The molecule has 0 spiro atoms. The first-order chi connectivity index (χ1) is 34.3. The maximum Gasteiger partial charge on any atom is 0.0163 e. The van der Waals surface area contributed by atoms with E-state index in [4.69, 9.17) is 0 Å². The van der Waals surface area contributed by atoms with Crippen LogP contribution in [0.4, 0.5) is 0 Å². The molecule has 12 aliphatic carbocycles. The first-order valence-electron chi connectivity index (χ1n) is 33.3. The van der Waals surface area contributed by atoms with Gasteiger partial charge in [0.05, 0.1) is 0 Å². The van der Waals surface area contributed by atoms with Crippen molar-refractivity contribution in [1.29, 1.82) is 0 Å². The molecule has 12 saturated carbocycles. The summed E-state index contributed by atoms with van der Waals surface area (Å²) in [6.45, 7) is 10.2. The Morgan fingerprint density at radius 3 is 1.06 bits per heavy atom. The van der Waals surface area contributed by atoms with Crippen molar-refractivity contribution in [2.75, 3.05) is 0 Å². The minimum atomic E-state index is 0.857. The highest BCUT2D eigenvalue weighted by Crippen LogP contribution is 2.69. The van der Waals surface area contributed by atoms with E-state index in [1.54, 1.807) is 77.0 Å². The lowest BCUT2D eigenvalue weighted by molar-refractivity contribution is -0.216. The van der Waals surface area contributed by atoms with Crippen LogP contribution in [0.3, 0.4) is 0 Å². The van der Waals surface area contributed by atoms with Crippen molar-refractivity contribution in [3.63, 3.8) is 0 Å². The van der Waals surface area contributed by atoms with Crippen molar-refractivity contribution >= 4 is 0 Å². The maximum atomic E-state index is 3.54. The molecule has 0 aromatic carbocycles. The summed E-state index contributed by atoms with van der Waals surface area (Å²) in [5.74, 6) is 17.8. The Bertz CT molecular complexity index is 1680. The molecule has 12 aliphatic rings. The molecule has 0 heterocycles. The summed E-state index contributed by atoms with van der Waals surface area (Å²) in [6, 6.07) is 5.33. The minimum Gasteiger partial charge on any atom is -0.294 e. The van der Waals surface area contributed by atoms with Crippen LogP contribution in [0, 0.1) is 107 Å². The molecule has 0 N–H and O–H groups in total. The number of rotatable bonds is 10. The predicted molar refractivity (Wildman–Crippen MR) is 296 cm³/mol. The van der Waals surface area contributed by atoms with Gasteiger partial charge in [0.15, 0.2) is 0 Å². The van der Waals surface area contributed by atoms with E-state index in [0.717, 1.165) is 143 Å². The standard InChI is InChI=1S/C68H112N2/c1-45-15-23-49(24-16-45)27-29-51-31-39-54(40-32-51)69(53-35-19-47(3)20-36-53)64-44-43-62-65-57(11-7-13-61(64)65)58-12-8-14-63-67(58)66(62)59-9-5-6-10-60(59)68(63)70(55-37-21-48(4)22-38-55)56-41-33-52(34-42-56)30-28-50-25-17-46(2)18-26-50/h27-30,45-68H,5-26,31-44H2,1-4H3/b29-27+,30-28+. The van der Waals surface area contributed by atoms with E-state index in [0.29, 0.717) is 0 Å². The quantitative estimate of drug-likeness (QED) is 0.201. The fourth-order valence-electron chi connectivity index (χ4n) is 22.4. The van der Waals surface area contributed by atoms with Gasteiger partial charge in [0.2, 0.25) is 0 Å². The normalized spacial score (nSPS) is 51.2. The molecule has 0 aromatic rings. The molecule has 12 atom stereocenters. The topological polar surface area (TPSA) is 6.48 Å². The van der Waals surface area contributed by atoms with Gasteiger partial charge in [0.25, 0.3) is 0 Å². The average molecular weight is 958 g/mol. The lowest BCUT2D eigenvalue weighted by Gasteiger charge is -2.70. The summed E-state index contributed by atoms with van der Waals surface area (Å²) < 4.78 is 0. The fraction of sp³-hybridized carbons (Fsp3) is 0.941. The summed E-state index contributed by atoms with van der Waals surface area (Å²) in [5.41, 5.74) is 0. The van der Waals surface area contributed by atoms with Gasteiger partial charge in [-0.05, 0) is 286 Å². The molecule has 0 radical (unpaired) electrons. The SMILES string of the molecule is CC1CCC(/C=C/C2CCC(N(C3CCC(C)CC3)C3CCC4C5C(CCCC53)C3CCCC5C3C4C3CCCCC3C5N(C3CCC(C)CC3)C3CCC(/C=C/C4CCC(C)CC4)CC3)CC2)CC1. The number of allylic oxidation sites excluding steroid dienone is 4. The molecule has 394 valence electrons. The van der Waals surface area contributed by atoms with Crippen LogP contribution in [0.5, 0.6) is 0 Å². The Labute approximate surface area is 433 Å². The van der Waals surface area contributed by atoms with Gasteiger partial charge in [-0.25, -0.2) is 0 Å². The van der Waals surface area contributed by atoms with E-state index < -0.39 is 0 Å². The molecular formula is C68H112N2. The van der Waals surface area contributed by atoms with Gasteiger partial charge in [-0.3, -0.25) is 9.80 Å². The average Bonchev–Trinajstić information content (AvgIpc) is 3.40. The van der Waals surface area contributed by atoms with Crippen LogP contribution in [0.2, 0.25) is 0 Å². The molecule has 0 aromatic heterocycles. The number of fused-ring (bicyclic) bond motifs is 4. The van der Waals surface area contributed by atoms with Gasteiger partial charge < -0.3 is 0 Å². The Kier molecular flexibility index (Phi) is 16.2. The van der Waals surface area contributed by atoms with E-state index in [2.05, 4.69) is 61.8 Å². The van der Waals surface area contributed by atoms with E-state index in [1.807, 2.05) is 0 Å². The minimum absolute atomic E-state index is 0.857. The molecule has 2 nitrogen and oxygen atoms in total. The second-order valence-corrected chi connectivity index (χ2v) is 29.8. The monoisotopic (exact) mass is 957 g/mol. The highest BCUT2D eigenvalue weighted by atomic mass is 15.2. The van der Waals surface area contributed by atoms with E-state index in [-0.39, 0.29) is 0 Å². The van der Waals surface area contributed by atoms with Crippen molar-refractivity contribution in [3.8, 4) is 0 Å². The van der Waals surface area contributed by atoms with Crippen LogP contribution in [-0.2, 0) is 0 Å². The number of nitrogens with zero attached hydrogens (tertiary/aromatic N) is 2.